The third-order valence-corrected chi connectivity index (χ3v) is 5.19. The van der Waals surface area contributed by atoms with Crippen LogP contribution in [-0.2, 0) is 0 Å². The Bertz CT molecular complexity index is 1110. The molecular weight excluding hydrogens is 370 g/mol. The van der Waals surface area contributed by atoms with Gasteiger partial charge in [0, 0.05) is 36.1 Å². The van der Waals surface area contributed by atoms with E-state index in [0.29, 0.717) is 0 Å². The van der Waals surface area contributed by atoms with Crippen molar-refractivity contribution in [2.75, 3.05) is 0 Å². The lowest BCUT2D eigenvalue weighted by atomic mass is 9.91. The highest BCUT2D eigenvalue weighted by atomic mass is 16.2. The third kappa shape index (κ3) is 4.31. The van der Waals surface area contributed by atoms with Gasteiger partial charge in [0.25, 0.3) is 11.5 Å². The molecule has 4 rings (SSSR count). The quantitative estimate of drug-likeness (QED) is 0.706. The fourth-order valence-electron chi connectivity index (χ4n) is 3.67. The fourth-order valence-corrected chi connectivity index (χ4v) is 3.67. The van der Waals surface area contributed by atoms with Crippen LogP contribution in [-0.4, -0.2) is 31.7 Å². The predicted molar refractivity (Wildman–Crippen MR) is 108 cm³/mol. The number of H-pyrrole nitrogens is 1. The fraction of sp³-hybridized carbons (Fsp3) is 0.286. The summed E-state index contributed by atoms with van der Waals surface area (Å²) in [6.07, 6.45) is 6.34. The monoisotopic (exact) mass is 391 g/mol. The molecule has 3 aromatic heterocycles. The maximum Gasteiger partial charge on any atom is 0.268 e. The minimum Gasteiger partial charge on any atom is -0.348 e. The lowest BCUT2D eigenvalue weighted by Crippen LogP contribution is -2.40. The van der Waals surface area contributed by atoms with E-state index < -0.39 is 0 Å². The Kier molecular flexibility index (Phi) is 5.33. The first-order valence-corrected chi connectivity index (χ1v) is 9.60. The highest BCUT2D eigenvalue weighted by molar-refractivity contribution is 5.92. The average Bonchev–Trinajstić information content (AvgIpc) is 2.75. The zero-order valence-corrected chi connectivity index (χ0v) is 15.7. The van der Waals surface area contributed by atoms with Crippen LogP contribution in [0.2, 0.25) is 0 Å². The molecule has 1 amide bonds. The van der Waals surface area contributed by atoms with Gasteiger partial charge in [0.2, 0.25) is 5.56 Å². The zero-order chi connectivity index (χ0) is 20.2. The van der Waals surface area contributed by atoms with E-state index in [2.05, 4.69) is 20.4 Å². The van der Waals surface area contributed by atoms with Crippen molar-refractivity contribution in [3.05, 3.63) is 81.3 Å². The van der Waals surface area contributed by atoms with Gasteiger partial charge in [0.05, 0.1) is 11.7 Å². The Morgan fingerprint density at radius 3 is 2.48 bits per heavy atom. The molecule has 1 aliphatic carbocycles. The summed E-state index contributed by atoms with van der Waals surface area (Å²) < 4.78 is 1.56. The second-order valence-corrected chi connectivity index (χ2v) is 7.14. The molecule has 1 fully saturated rings. The van der Waals surface area contributed by atoms with E-state index in [4.69, 9.17) is 0 Å². The summed E-state index contributed by atoms with van der Waals surface area (Å²) in [5.74, 6) is -0.291. The van der Waals surface area contributed by atoms with Crippen LogP contribution >= 0.6 is 0 Å². The Labute approximate surface area is 166 Å². The van der Waals surface area contributed by atoms with Crippen LogP contribution in [0.15, 0.2) is 64.4 Å². The molecule has 0 spiro atoms. The highest BCUT2D eigenvalue weighted by Crippen LogP contribution is 2.27. The van der Waals surface area contributed by atoms with Crippen molar-refractivity contribution in [3.63, 3.8) is 0 Å². The standard InChI is InChI=1S/C21H21N5O3/c27-19-3-1-2-18(24-19)21(29)23-15-4-6-16(7-5-15)26-20(28)9-8-17(25-26)14-10-12-22-13-11-14/h1-3,8-13,15-16H,4-7H2,(H,23,29)(H,24,27). The van der Waals surface area contributed by atoms with Gasteiger partial charge in [-0.2, -0.15) is 5.10 Å². The number of nitrogens with zero attached hydrogens (tertiary/aromatic N) is 3. The van der Waals surface area contributed by atoms with Gasteiger partial charge in [-0.25, -0.2) is 4.68 Å². The molecule has 8 nitrogen and oxygen atoms in total. The SMILES string of the molecule is O=C(NC1CCC(n2nc(-c3ccncc3)ccc2=O)CC1)c1cccc(=O)[nH]1. The lowest BCUT2D eigenvalue weighted by Gasteiger charge is -2.29. The largest absolute Gasteiger partial charge is 0.348 e. The summed E-state index contributed by atoms with van der Waals surface area (Å²) in [7, 11) is 0. The number of amides is 1. The number of carbonyl (C=O) groups excluding carboxylic acids is 1. The van der Waals surface area contributed by atoms with Crippen LogP contribution in [0.3, 0.4) is 0 Å². The molecule has 0 bridgehead atoms. The summed E-state index contributed by atoms with van der Waals surface area (Å²) in [6, 6.07) is 11.5. The summed E-state index contributed by atoms with van der Waals surface area (Å²) in [5, 5.41) is 7.52. The molecule has 8 heteroatoms. The molecule has 2 N–H and O–H groups in total. The summed E-state index contributed by atoms with van der Waals surface area (Å²) >= 11 is 0. The maximum absolute atomic E-state index is 12.4. The highest BCUT2D eigenvalue weighted by Gasteiger charge is 2.25. The molecule has 3 heterocycles. The first-order chi connectivity index (χ1) is 14.1. The van der Waals surface area contributed by atoms with E-state index in [1.807, 2.05) is 12.1 Å². The molecule has 0 aliphatic heterocycles. The summed E-state index contributed by atoms with van der Waals surface area (Å²) in [6.45, 7) is 0. The van der Waals surface area contributed by atoms with Gasteiger partial charge >= 0.3 is 0 Å². The first kappa shape index (κ1) is 18.8. The van der Waals surface area contributed by atoms with Crippen molar-refractivity contribution in [2.24, 2.45) is 0 Å². The normalized spacial score (nSPS) is 18.9. The molecule has 148 valence electrons. The number of aromatic amines is 1. The topological polar surface area (TPSA) is 110 Å². The van der Waals surface area contributed by atoms with Gasteiger partial charge in [-0.1, -0.05) is 6.07 Å². The zero-order valence-electron chi connectivity index (χ0n) is 15.7. The van der Waals surface area contributed by atoms with Crippen molar-refractivity contribution in [2.45, 2.75) is 37.8 Å². The molecule has 0 aromatic carbocycles. The third-order valence-electron chi connectivity index (χ3n) is 5.19. The van der Waals surface area contributed by atoms with Crippen LogP contribution in [0.4, 0.5) is 0 Å². The van der Waals surface area contributed by atoms with E-state index in [1.165, 1.54) is 6.07 Å². The minimum atomic E-state index is -0.305. The molecule has 0 saturated heterocycles. The Morgan fingerprint density at radius 1 is 1.00 bits per heavy atom. The van der Waals surface area contributed by atoms with E-state index in [1.54, 1.807) is 41.3 Å². The second-order valence-electron chi connectivity index (χ2n) is 7.14. The second kappa shape index (κ2) is 8.22. The van der Waals surface area contributed by atoms with E-state index in [9.17, 15) is 14.4 Å². The number of hydrogen-bond donors (Lipinski definition) is 2. The van der Waals surface area contributed by atoms with Gasteiger partial charge in [-0.05, 0) is 49.9 Å². The molecule has 1 saturated carbocycles. The van der Waals surface area contributed by atoms with Gasteiger partial charge in [-0.15, -0.1) is 0 Å². The molecule has 3 aromatic rings. The smallest absolute Gasteiger partial charge is 0.268 e. The Balaban J connectivity index is 1.43. The van der Waals surface area contributed by atoms with Crippen LogP contribution in [0.5, 0.6) is 0 Å². The van der Waals surface area contributed by atoms with E-state index in [-0.39, 0.29) is 34.8 Å². The van der Waals surface area contributed by atoms with Crippen molar-refractivity contribution in [3.8, 4) is 11.3 Å². The lowest BCUT2D eigenvalue weighted by molar-refractivity contribution is 0.0916. The number of carbonyl (C=O) groups is 1. The van der Waals surface area contributed by atoms with Crippen molar-refractivity contribution in [1.82, 2.24) is 25.1 Å². The van der Waals surface area contributed by atoms with Crippen molar-refractivity contribution in [1.29, 1.82) is 0 Å². The summed E-state index contributed by atoms with van der Waals surface area (Å²) in [5.41, 5.74) is 1.46. The van der Waals surface area contributed by atoms with Crippen molar-refractivity contribution >= 4 is 5.91 Å². The van der Waals surface area contributed by atoms with Gasteiger partial charge < -0.3 is 10.3 Å². The molecule has 29 heavy (non-hydrogen) atoms. The maximum atomic E-state index is 12.4. The number of rotatable bonds is 4. The van der Waals surface area contributed by atoms with Gasteiger partial charge in [0.15, 0.2) is 0 Å². The Morgan fingerprint density at radius 2 is 1.76 bits per heavy atom. The van der Waals surface area contributed by atoms with E-state index >= 15 is 0 Å². The first-order valence-electron chi connectivity index (χ1n) is 9.60. The van der Waals surface area contributed by atoms with Crippen LogP contribution in [0.25, 0.3) is 11.3 Å². The number of aromatic nitrogens is 4. The van der Waals surface area contributed by atoms with Crippen LogP contribution in [0.1, 0.15) is 42.2 Å². The molecule has 0 unspecified atom stereocenters. The van der Waals surface area contributed by atoms with Crippen LogP contribution < -0.4 is 16.4 Å². The number of nitrogens with one attached hydrogen (secondary N) is 2. The van der Waals surface area contributed by atoms with Gasteiger partial charge in [0.1, 0.15) is 5.69 Å². The number of pyridine rings is 2. The molecular formula is C21H21N5O3. The average molecular weight is 391 g/mol. The van der Waals surface area contributed by atoms with Gasteiger partial charge in [-0.3, -0.25) is 19.4 Å². The van der Waals surface area contributed by atoms with Crippen molar-refractivity contribution < 1.29 is 4.79 Å². The number of hydrogen-bond acceptors (Lipinski definition) is 5. The molecule has 1 aliphatic rings. The molecule has 0 atom stereocenters. The Hall–Kier alpha value is -3.55. The molecule has 0 radical (unpaired) electrons. The van der Waals surface area contributed by atoms with Crippen LogP contribution in [0, 0.1) is 0 Å². The predicted octanol–water partition coefficient (Wildman–Crippen LogP) is 1.91. The van der Waals surface area contributed by atoms with E-state index in [0.717, 1.165) is 36.9 Å². The summed E-state index contributed by atoms with van der Waals surface area (Å²) in [4.78, 5) is 42.6. The minimum absolute atomic E-state index is 0.00143.